The molecule has 0 N–H and O–H groups in total. The summed E-state index contributed by atoms with van der Waals surface area (Å²) in [5, 5.41) is 0. The molecule has 4 heteroatoms. The van der Waals surface area contributed by atoms with Gasteiger partial charge < -0.3 is 4.74 Å². The maximum Gasteiger partial charge on any atom is 0.194 e. The van der Waals surface area contributed by atoms with Gasteiger partial charge in [-0.1, -0.05) is 6.92 Å². The van der Waals surface area contributed by atoms with E-state index in [2.05, 4.69) is 0 Å². The monoisotopic (exact) mass is 240 g/mol. The molecule has 2 nitrogen and oxygen atoms in total. The molecule has 1 aliphatic rings. The Morgan fingerprint density at radius 2 is 2.06 bits per heavy atom. The fourth-order valence-electron chi connectivity index (χ4n) is 2.02. The molecule has 1 saturated heterocycles. The van der Waals surface area contributed by atoms with Crippen molar-refractivity contribution in [1.29, 1.82) is 0 Å². The summed E-state index contributed by atoms with van der Waals surface area (Å²) < 4.78 is 32.2. The molecule has 17 heavy (non-hydrogen) atoms. The van der Waals surface area contributed by atoms with Crippen LogP contribution in [0.4, 0.5) is 8.78 Å². The fraction of sp³-hybridized carbons (Fsp3) is 0.462. The Bertz CT molecular complexity index is 457. The van der Waals surface area contributed by atoms with E-state index in [4.69, 9.17) is 4.74 Å². The average Bonchev–Trinajstić information content (AvgIpc) is 2.69. The minimum absolute atomic E-state index is 0.0475. The molecule has 0 aromatic heterocycles. The van der Waals surface area contributed by atoms with Gasteiger partial charge in [-0.15, -0.1) is 0 Å². The zero-order valence-corrected chi connectivity index (χ0v) is 9.80. The topological polar surface area (TPSA) is 26.3 Å². The van der Waals surface area contributed by atoms with Crippen LogP contribution in [0.2, 0.25) is 0 Å². The van der Waals surface area contributed by atoms with Crippen molar-refractivity contribution in [2.24, 2.45) is 5.92 Å². The van der Waals surface area contributed by atoms with Gasteiger partial charge in [0.25, 0.3) is 0 Å². The largest absolute Gasteiger partial charge is 0.370 e. The van der Waals surface area contributed by atoms with Crippen molar-refractivity contribution in [3.05, 3.63) is 34.9 Å². The van der Waals surface area contributed by atoms with E-state index in [9.17, 15) is 13.6 Å². The highest BCUT2D eigenvalue weighted by Gasteiger charge is 2.33. The van der Waals surface area contributed by atoms with Crippen LogP contribution in [-0.4, -0.2) is 18.5 Å². The molecule has 1 fully saturated rings. The van der Waals surface area contributed by atoms with Crippen molar-refractivity contribution in [1.82, 2.24) is 0 Å². The van der Waals surface area contributed by atoms with Gasteiger partial charge in [0.1, 0.15) is 17.7 Å². The highest BCUT2D eigenvalue weighted by molar-refractivity contribution is 6.00. The van der Waals surface area contributed by atoms with Crippen LogP contribution < -0.4 is 0 Å². The van der Waals surface area contributed by atoms with Crippen LogP contribution in [0, 0.1) is 24.5 Å². The van der Waals surface area contributed by atoms with E-state index in [1.54, 1.807) is 0 Å². The Balaban J connectivity index is 2.34. The first-order valence-corrected chi connectivity index (χ1v) is 5.62. The third kappa shape index (κ3) is 2.22. The van der Waals surface area contributed by atoms with Crippen molar-refractivity contribution in [3.63, 3.8) is 0 Å². The van der Waals surface area contributed by atoms with Gasteiger partial charge in [0, 0.05) is 6.61 Å². The van der Waals surface area contributed by atoms with Crippen molar-refractivity contribution in [3.8, 4) is 0 Å². The van der Waals surface area contributed by atoms with Crippen LogP contribution >= 0.6 is 0 Å². The molecule has 92 valence electrons. The second kappa shape index (κ2) is 4.53. The first-order chi connectivity index (χ1) is 8.00. The Hall–Kier alpha value is -1.29. The van der Waals surface area contributed by atoms with E-state index in [1.165, 1.54) is 6.92 Å². The van der Waals surface area contributed by atoms with Crippen molar-refractivity contribution >= 4 is 5.78 Å². The molecule has 2 unspecified atom stereocenters. The summed E-state index contributed by atoms with van der Waals surface area (Å²) in [5.41, 5.74) is -0.0220. The molecule has 0 bridgehead atoms. The average molecular weight is 240 g/mol. The van der Waals surface area contributed by atoms with E-state index in [0.717, 1.165) is 18.6 Å². The molecule has 1 aromatic carbocycles. The normalized spacial score (nSPS) is 24.0. The zero-order valence-electron chi connectivity index (χ0n) is 9.80. The van der Waals surface area contributed by atoms with Gasteiger partial charge in [-0.2, -0.15) is 0 Å². The second-order valence-electron chi connectivity index (χ2n) is 4.50. The number of hydrogen-bond donors (Lipinski definition) is 0. The number of benzene rings is 1. The lowest BCUT2D eigenvalue weighted by molar-refractivity contribution is 0.0575. The summed E-state index contributed by atoms with van der Waals surface area (Å²) in [4.78, 5) is 12.0. The third-order valence-corrected chi connectivity index (χ3v) is 3.16. The predicted molar refractivity (Wildman–Crippen MR) is 58.9 cm³/mol. The van der Waals surface area contributed by atoms with Crippen LogP contribution in [0.25, 0.3) is 0 Å². The van der Waals surface area contributed by atoms with Crippen LogP contribution in [0.15, 0.2) is 12.1 Å². The number of ether oxygens (including phenoxy) is 1. The van der Waals surface area contributed by atoms with Gasteiger partial charge in [-0.25, -0.2) is 8.78 Å². The quantitative estimate of drug-likeness (QED) is 0.743. The minimum atomic E-state index is -0.684. The predicted octanol–water partition coefficient (Wildman–Crippen LogP) is 2.88. The molecule has 2 rings (SSSR count). The van der Waals surface area contributed by atoms with Crippen LogP contribution in [0.1, 0.15) is 29.3 Å². The number of Topliss-reactive ketones (excluding diaryl/α,β-unsaturated/α-hetero) is 1. The van der Waals surface area contributed by atoms with Gasteiger partial charge in [0.2, 0.25) is 0 Å². The molecule has 2 atom stereocenters. The molecule has 0 amide bonds. The zero-order chi connectivity index (χ0) is 12.6. The molecule has 0 aliphatic carbocycles. The molecule has 0 radical (unpaired) electrons. The van der Waals surface area contributed by atoms with Crippen molar-refractivity contribution in [2.75, 3.05) is 6.61 Å². The maximum absolute atomic E-state index is 13.6. The molecular weight excluding hydrogens is 226 g/mol. The summed E-state index contributed by atoms with van der Waals surface area (Å²) in [6.45, 7) is 3.83. The standard InChI is InChI=1S/C13H14F2O2/c1-7-3-4-17-13(7)12(16)9-6-10(14)8(2)5-11(9)15/h5-7,13H,3-4H2,1-2H3. The number of hydrogen-bond acceptors (Lipinski definition) is 2. The smallest absolute Gasteiger partial charge is 0.194 e. The highest BCUT2D eigenvalue weighted by atomic mass is 19.1. The van der Waals surface area contributed by atoms with E-state index in [1.807, 2.05) is 6.92 Å². The Morgan fingerprint density at radius 3 is 2.65 bits per heavy atom. The molecule has 0 saturated carbocycles. The third-order valence-electron chi connectivity index (χ3n) is 3.16. The van der Waals surface area contributed by atoms with Gasteiger partial charge in [-0.05, 0) is 37.0 Å². The number of carbonyl (C=O) groups is 1. The Morgan fingerprint density at radius 1 is 1.35 bits per heavy atom. The van der Waals surface area contributed by atoms with Crippen LogP contribution in [-0.2, 0) is 4.74 Å². The van der Waals surface area contributed by atoms with Gasteiger partial charge >= 0.3 is 0 Å². The molecular formula is C13H14F2O2. The van der Waals surface area contributed by atoms with E-state index in [0.29, 0.717) is 6.61 Å². The number of aryl methyl sites for hydroxylation is 1. The number of carbonyl (C=O) groups excluding carboxylic acids is 1. The number of halogens is 2. The summed E-state index contributed by atoms with van der Waals surface area (Å²) in [6, 6.07) is 2.00. The second-order valence-corrected chi connectivity index (χ2v) is 4.50. The number of ketones is 1. The fourth-order valence-corrected chi connectivity index (χ4v) is 2.02. The molecule has 1 heterocycles. The maximum atomic E-state index is 13.6. The molecule has 1 aliphatic heterocycles. The summed E-state index contributed by atoms with van der Waals surface area (Å²) in [6.07, 6.45) is 0.124. The van der Waals surface area contributed by atoms with Crippen molar-refractivity contribution in [2.45, 2.75) is 26.4 Å². The van der Waals surface area contributed by atoms with Gasteiger partial charge in [-0.3, -0.25) is 4.79 Å². The van der Waals surface area contributed by atoms with Crippen LogP contribution in [0.3, 0.4) is 0 Å². The van der Waals surface area contributed by atoms with Crippen molar-refractivity contribution < 1.29 is 18.3 Å². The SMILES string of the molecule is Cc1cc(F)c(C(=O)C2OCCC2C)cc1F. The Kier molecular flexibility index (Phi) is 3.24. The highest BCUT2D eigenvalue weighted by Crippen LogP contribution is 2.25. The van der Waals surface area contributed by atoms with E-state index in [-0.39, 0.29) is 17.0 Å². The van der Waals surface area contributed by atoms with Crippen LogP contribution in [0.5, 0.6) is 0 Å². The molecule has 0 spiro atoms. The van der Waals surface area contributed by atoms with E-state index >= 15 is 0 Å². The Labute approximate surface area is 98.6 Å². The van der Waals surface area contributed by atoms with Gasteiger partial charge in [0.05, 0.1) is 5.56 Å². The lowest BCUT2D eigenvalue weighted by Gasteiger charge is -2.14. The summed E-state index contributed by atoms with van der Waals surface area (Å²) in [7, 11) is 0. The van der Waals surface area contributed by atoms with Gasteiger partial charge in [0.15, 0.2) is 5.78 Å². The minimum Gasteiger partial charge on any atom is -0.370 e. The lowest BCUT2D eigenvalue weighted by Crippen LogP contribution is -2.26. The first-order valence-electron chi connectivity index (χ1n) is 5.62. The lowest BCUT2D eigenvalue weighted by atomic mass is 9.95. The van der Waals surface area contributed by atoms with E-state index < -0.39 is 23.5 Å². The summed E-state index contributed by atoms with van der Waals surface area (Å²) in [5.74, 6) is -1.67. The first kappa shape index (κ1) is 12.2. The molecule has 1 aromatic rings. The summed E-state index contributed by atoms with van der Waals surface area (Å²) >= 11 is 0. The number of rotatable bonds is 2.